The van der Waals surface area contributed by atoms with Crippen LogP contribution < -0.4 is 10.1 Å². The number of rotatable bonds is 6. The first-order chi connectivity index (χ1) is 10.1. The molecule has 0 heterocycles. The molecule has 1 aliphatic carbocycles. The predicted molar refractivity (Wildman–Crippen MR) is 82.5 cm³/mol. The summed E-state index contributed by atoms with van der Waals surface area (Å²) in [5.41, 5.74) is 1.08. The van der Waals surface area contributed by atoms with E-state index in [2.05, 4.69) is 12.2 Å². The lowest BCUT2D eigenvalue weighted by atomic mass is 9.88. The molecule has 2 rings (SSSR count). The molecule has 1 fully saturated rings. The molecule has 0 amide bonds. The smallest absolute Gasteiger partial charge is 0.310 e. The van der Waals surface area contributed by atoms with Gasteiger partial charge in [0, 0.05) is 12.6 Å². The molecule has 5 heteroatoms. The van der Waals surface area contributed by atoms with Gasteiger partial charge in [-0.3, -0.25) is 10.1 Å². The minimum Gasteiger partial charge on any atom is -0.483 e. The summed E-state index contributed by atoms with van der Waals surface area (Å²) in [7, 11) is 0. The monoisotopic (exact) mass is 292 g/mol. The van der Waals surface area contributed by atoms with Crippen molar-refractivity contribution in [2.45, 2.75) is 52.2 Å². The van der Waals surface area contributed by atoms with Gasteiger partial charge in [-0.15, -0.1) is 0 Å². The van der Waals surface area contributed by atoms with Gasteiger partial charge in [-0.05, 0) is 43.4 Å². The first kappa shape index (κ1) is 15.8. The van der Waals surface area contributed by atoms with Crippen LogP contribution in [0.25, 0.3) is 0 Å². The second kappa shape index (κ2) is 7.41. The Bertz CT molecular complexity index is 490. The lowest BCUT2D eigenvalue weighted by Crippen LogP contribution is -2.24. The molecule has 1 N–H and O–H groups in total. The maximum absolute atomic E-state index is 11.2. The molecular formula is C16H24N2O3. The van der Waals surface area contributed by atoms with Crippen LogP contribution >= 0.6 is 0 Å². The summed E-state index contributed by atoms with van der Waals surface area (Å²) in [6, 6.07) is 5.14. The van der Waals surface area contributed by atoms with Gasteiger partial charge in [0.2, 0.25) is 0 Å². The Morgan fingerprint density at radius 3 is 2.90 bits per heavy atom. The standard InChI is InChI=1S/C16H24N2O3/c1-3-17-11-13-7-8-15(18(19)20)16(10-13)21-14-6-4-5-12(2)9-14/h7-8,10,12,14,17H,3-6,9,11H2,1-2H3. The summed E-state index contributed by atoms with van der Waals surface area (Å²) in [5, 5.41) is 14.4. The van der Waals surface area contributed by atoms with Gasteiger partial charge in [-0.25, -0.2) is 0 Å². The van der Waals surface area contributed by atoms with Gasteiger partial charge in [0.25, 0.3) is 0 Å². The van der Waals surface area contributed by atoms with Crippen LogP contribution in [0.5, 0.6) is 5.75 Å². The second-order valence-corrected chi connectivity index (χ2v) is 5.85. The molecule has 0 aliphatic heterocycles. The van der Waals surface area contributed by atoms with Crippen LogP contribution in [0.4, 0.5) is 5.69 Å². The highest BCUT2D eigenvalue weighted by atomic mass is 16.6. The third-order valence-corrected chi connectivity index (χ3v) is 3.98. The van der Waals surface area contributed by atoms with Gasteiger partial charge < -0.3 is 10.1 Å². The van der Waals surface area contributed by atoms with E-state index in [9.17, 15) is 10.1 Å². The zero-order chi connectivity index (χ0) is 15.2. The Balaban J connectivity index is 2.15. The number of hydrogen-bond acceptors (Lipinski definition) is 4. The number of nitro groups is 1. The molecule has 0 radical (unpaired) electrons. The molecule has 1 aromatic rings. The molecule has 1 aliphatic rings. The van der Waals surface area contributed by atoms with E-state index in [1.54, 1.807) is 18.2 Å². The Hall–Kier alpha value is -1.62. The van der Waals surface area contributed by atoms with Gasteiger partial charge in [0.05, 0.1) is 11.0 Å². The normalized spacial score (nSPS) is 22.0. The highest BCUT2D eigenvalue weighted by Crippen LogP contribution is 2.33. The zero-order valence-corrected chi connectivity index (χ0v) is 12.8. The first-order valence-corrected chi connectivity index (χ1v) is 7.74. The third-order valence-electron chi connectivity index (χ3n) is 3.98. The van der Waals surface area contributed by atoms with E-state index in [-0.39, 0.29) is 16.7 Å². The number of benzene rings is 1. The van der Waals surface area contributed by atoms with Crippen LogP contribution in [0.2, 0.25) is 0 Å². The molecule has 0 spiro atoms. The molecule has 2 atom stereocenters. The van der Waals surface area contributed by atoms with E-state index in [0.717, 1.165) is 31.4 Å². The van der Waals surface area contributed by atoms with Crippen molar-refractivity contribution >= 4 is 5.69 Å². The van der Waals surface area contributed by atoms with Crippen molar-refractivity contribution in [3.8, 4) is 5.75 Å². The van der Waals surface area contributed by atoms with Crippen LogP contribution in [-0.2, 0) is 6.54 Å². The van der Waals surface area contributed by atoms with Crippen molar-refractivity contribution in [3.05, 3.63) is 33.9 Å². The number of hydrogen-bond donors (Lipinski definition) is 1. The van der Waals surface area contributed by atoms with E-state index in [1.165, 1.54) is 6.42 Å². The van der Waals surface area contributed by atoms with Crippen molar-refractivity contribution in [1.29, 1.82) is 0 Å². The molecule has 0 saturated heterocycles. The van der Waals surface area contributed by atoms with Crippen molar-refractivity contribution in [1.82, 2.24) is 5.32 Å². The quantitative estimate of drug-likeness (QED) is 0.642. The minimum absolute atomic E-state index is 0.0634. The van der Waals surface area contributed by atoms with Crippen LogP contribution in [0, 0.1) is 16.0 Å². The lowest BCUT2D eigenvalue weighted by molar-refractivity contribution is -0.386. The van der Waals surface area contributed by atoms with E-state index in [1.807, 2.05) is 6.92 Å². The lowest BCUT2D eigenvalue weighted by Gasteiger charge is -2.27. The zero-order valence-electron chi connectivity index (χ0n) is 12.8. The van der Waals surface area contributed by atoms with Crippen molar-refractivity contribution in [3.63, 3.8) is 0 Å². The minimum atomic E-state index is -0.362. The third kappa shape index (κ3) is 4.43. The maximum Gasteiger partial charge on any atom is 0.310 e. The highest BCUT2D eigenvalue weighted by molar-refractivity contribution is 5.48. The predicted octanol–water partition coefficient (Wildman–Crippen LogP) is 3.66. The Labute approximate surface area is 125 Å². The summed E-state index contributed by atoms with van der Waals surface area (Å²) in [5.74, 6) is 1.04. The summed E-state index contributed by atoms with van der Waals surface area (Å²) < 4.78 is 5.97. The number of nitro benzene ring substituents is 1. The van der Waals surface area contributed by atoms with E-state index >= 15 is 0 Å². The number of ether oxygens (including phenoxy) is 1. The molecule has 0 bridgehead atoms. The number of nitrogens with zero attached hydrogens (tertiary/aromatic N) is 1. The molecule has 21 heavy (non-hydrogen) atoms. The van der Waals surface area contributed by atoms with Crippen molar-refractivity contribution in [2.75, 3.05) is 6.54 Å². The molecular weight excluding hydrogens is 268 g/mol. The Kier molecular flexibility index (Phi) is 5.56. The van der Waals surface area contributed by atoms with Gasteiger partial charge in [0.1, 0.15) is 0 Å². The second-order valence-electron chi connectivity index (χ2n) is 5.85. The molecule has 2 unspecified atom stereocenters. The van der Waals surface area contributed by atoms with Crippen LogP contribution in [0.3, 0.4) is 0 Å². The summed E-state index contributed by atoms with van der Waals surface area (Å²) in [4.78, 5) is 10.8. The summed E-state index contributed by atoms with van der Waals surface area (Å²) in [6.07, 6.45) is 4.42. The van der Waals surface area contributed by atoms with Gasteiger partial charge in [-0.1, -0.05) is 26.3 Å². The fraction of sp³-hybridized carbons (Fsp3) is 0.625. The van der Waals surface area contributed by atoms with E-state index in [4.69, 9.17) is 4.74 Å². The fourth-order valence-corrected chi connectivity index (χ4v) is 2.85. The average molecular weight is 292 g/mol. The SMILES string of the molecule is CCNCc1ccc([N+](=O)[O-])c(OC2CCCC(C)C2)c1. The Morgan fingerprint density at radius 1 is 1.43 bits per heavy atom. The molecule has 116 valence electrons. The number of nitrogens with one attached hydrogen (secondary N) is 1. The Morgan fingerprint density at radius 2 is 2.24 bits per heavy atom. The van der Waals surface area contributed by atoms with E-state index in [0.29, 0.717) is 18.2 Å². The largest absolute Gasteiger partial charge is 0.483 e. The van der Waals surface area contributed by atoms with E-state index < -0.39 is 0 Å². The van der Waals surface area contributed by atoms with Gasteiger partial charge in [-0.2, -0.15) is 0 Å². The molecule has 1 saturated carbocycles. The highest BCUT2D eigenvalue weighted by Gasteiger charge is 2.24. The molecule has 0 aromatic heterocycles. The summed E-state index contributed by atoms with van der Waals surface area (Å²) >= 11 is 0. The molecule has 1 aromatic carbocycles. The maximum atomic E-state index is 11.2. The van der Waals surface area contributed by atoms with Crippen LogP contribution in [0.15, 0.2) is 18.2 Å². The average Bonchev–Trinajstić information content (AvgIpc) is 2.45. The van der Waals surface area contributed by atoms with Gasteiger partial charge >= 0.3 is 5.69 Å². The fourth-order valence-electron chi connectivity index (χ4n) is 2.85. The van der Waals surface area contributed by atoms with Crippen LogP contribution in [-0.4, -0.2) is 17.6 Å². The summed E-state index contributed by atoms with van der Waals surface area (Å²) in [6.45, 7) is 5.82. The van der Waals surface area contributed by atoms with Crippen molar-refractivity contribution in [2.24, 2.45) is 5.92 Å². The first-order valence-electron chi connectivity index (χ1n) is 7.74. The molecule has 5 nitrogen and oxygen atoms in total. The van der Waals surface area contributed by atoms with Gasteiger partial charge in [0.15, 0.2) is 5.75 Å². The van der Waals surface area contributed by atoms with Crippen molar-refractivity contribution < 1.29 is 9.66 Å². The van der Waals surface area contributed by atoms with Crippen LogP contribution in [0.1, 0.15) is 45.1 Å². The topological polar surface area (TPSA) is 64.4 Å².